The molecule has 0 bridgehead atoms. The summed E-state index contributed by atoms with van der Waals surface area (Å²) in [6.07, 6.45) is 1.96. The molecule has 0 saturated carbocycles. The molecule has 0 fully saturated rings. The predicted octanol–water partition coefficient (Wildman–Crippen LogP) is 7.94. The maximum Gasteiger partial charge on any atom is 0.146 e. The molecule has 7 aromatic rings. The van der Waals surface area contributed by atoms with Crippen LogP contribution in [0.15, 0.2) is 97.1 Å². The maximum absolute atomic E-state index is 5.28. The van der Waals surface area contributed by atoms with Gasteiger partial charge in [-0.05, 0) is 75.5 Å². The van der Waals surface area contributed by atoms with Gasteiger partial charge in [-0.3, -0.25) is 4.40 Å². The Hall–Kier alpha value is -4.43. The molecule has 2 heteroatoms. The number of para-hydroxylation sites is 3. The number of rotatable bonds is 0. The van der Waals surface area contributed by atoms with Gasteiger partial charge in [-0.2, -0.15) is 0 Å². The lowest BCUT2D eigenvalue weighted by atomic mass is 9.87. The quantitative estimate of drug-likeness (QED) is 0.217. The summed E-state index contributed by atoms with van der Waals surface area (Å²) in [7, 11) is 0. The van der Waals surface area contributed by atoms with Gasteiger partial charge < -0.3 is 0 Å². The number of pyridine rings is 1. The van der Waals surface area contributed by atoms with Crippen molar-refractivity contribution in [3.05, 3.63) is 119 Å². The summed E-state index contributed by atoms with van der Waals surface area (Å²) in [6, 6.07) is 35.4. The molecule has 0 saturated heterocycles. The fraction of sp³-hybridized carbons (Fsp3) is 0.0606. The van der Waals surface area contributed by atoms with Gasteiger partial charge in [-0.25, -0.2) is 4.98 Å². The number of aromatic nitrogens is 2. The molecule has 35 heavy (non-hydrogen) atoms. The highest BCUT2D eigenvalue weighted by Crippen LogP contribution is 2.54. The lowest BCUT2D eigenvalue weighted by Crippen LogP contribution is -1.98. The molecule has 0 spiro atoms. The van der Waals surface area contributed by atoms with Crippen LogP contribution in [0.1, 0.15) is 22.3 Å². The number of nitrogens with zero attached hydrogens (tertiary/aromatic N) is 2. The van der Waals surface area contributed by atoms with Crippen LogP contribution in [0.2, 0.25) is 0 Å². The van der Waals surface area contributed by atoms with Crippen molar-refractivity contribution in [2.24, 2.45) is 0 Å². The molecule has 0 amide bonds. The van der Waals surface area contributed by atoms with Gasteiger partial charge in [-0.1, -0.05) is 78.9 Å². The molecule has 2 aliphatic carbocycles. The Balaban J connectivity index is 1.64. The molecule has 2 heterocycles. The van der Waals surface area contributed by atoms with Gasteiger partial charge in [0.05, 0.1) is 16.6 Å². The van der Waals surface area contributed by atoms with Gasteiger partial charge in [0, 0.05) is 16.2 Å². The van der Waals surface area contributed by atoms with E-state index in [9.17, 15) is 0 Å². The molecular weight excluding hydrogens is 424 g/mol. The minimum Gasteiger partial charge on any atom is -0.292 e. The van der Waals surface area contributed by atoms with E-state index in [1.54, 1.807) is 0 Å². The molecule has 0 radical (unpaired) electrons. The lowest BCUT2D eigenvalue weighted by molar-refractivity contribution is 1.24. The molecule has 0 atom stereocenters. The summed E-state index contributed by atoms with van der Waals surface area (Å²) in [6.45, 7) is 0. The monoisotopic (exact) mass is 444 g/mol. The van der Waals surface area contributed by atoms with Crippen molar-refractivity contribution >= 4 is 38.4 Å². The average molecular weight is 445 g/mol. The van der Waals surface area contributed by atoms with Crippen molar-refractivity contribution in [1.82, 2.24) is 9.38 Å². The highest BCUT2D eigenvalue weighted by Gasteiger charge is 2.33. The van der Waals surface area contributed by atoms with Gasteiger partial charge in [0.1, 0.15) is 5.65 Å². The van der Waals surface area contributed by atoms with E-state index in [-0.39, 0.29) is 0 Å². The summed E-state index contributed by atoms with van der Waals surface area (Å²) in [4.78, 5) is 5.28. The van der Waals surface area contributed by atoms with E-state index in [2.05, 4.69) is 101 Å². The lowest BCUT2D eigenvalue weighted by Gasteiger charge is -2.18. The van der Waals surface area contributed by atoms with E-state index in [1.165, 1.54) is 71.7 Å². The normalized spacial score (nSPS) is 13.5. The van der Waals surface area contributed by atoms with Crippen molar-refractivity contribution in [1.29, 1.82) is 0 Å². The Morgan fingerprint density at radius 2 is 1.17 bits per heavy atom. The third-order valence-electron chi connectivity index (χ3n) is 8.21. The number of hydrogen-bond donors (Lipinski definition) is 0. The zero-order valence-electron chi connectivity index (χ0n) is 19.0. The Labute approximate surface area is 202 Å². The van der Waals surface area contributed by atoms with Gasteiger partial charge in [0.15, 0.2) is 0 Å². The molecule has 162 valence electrons. The first-order chi connectivity index (χ1) is 17.4. The van der Waals surface area contributed by atoms with Gasteiger partial charge in [0.25, 0.3) is 0 Å². The molecule has 0 aliphatic heterocycles. The van der Waals surface area contributed by atoms with Crippen LogP contribution in [0.4, 0.5) is 0 Å². The molecule has 2 nitrogen and oxygen atoms in total. The fourth-order valence-corrected chi connectivity index (χ4v) is 6.89. The average Bonchev–Trinajstić information content (AvgIpc) is 3.59. The van der Waals surface area contributed by atoms with Crippen molar-refractivity contribution in [3.8, 4) is 22.3 Å². The first kappa shape index (κ1) is 18.0. The maximum atomic E-state index is 5.28. The van der Waals surface area contributed by atoms with Crippen LogP contribution in [0.3, 0.4) is 0 Å². The Kier molecular flexibility index (Phi) is 3.16. The van der Waals surface area contributed by atoms with Crippen LogP contribution < -0.4 is 0 Å². The molecule has 9 rings (SSSR count). The standard InChI is InChI=1S/C33H20N2/c1-3-11-21-19(9-1)18-25-29(21)24-17-20-10-2-4-12-22(20)30(24)31-23-13-5-7-15-27(23)35-28-16-8-6-14-26(28)34-33(35)32(25)31/h1-16H,17-18H2. The van der Waals surface area contributed by atoms with Crippen LogP contribution in [0, 0.1) is 0 Å². The second kappa shape index (κ2) is 6.17. The zero-order chi connectivity index (χ0) is 22.7. The Bertz CT molecular complexity index is 2060. The topological polar surface area (TPSA) is 17.3 Å². The first-order valence-corrected chi connectivity index (χ1v) is 12.3. The van der Waals surface area contributed by atoms with Crippen LogP contribution in [0.25, 0.3) is 60.6 Å². The summed E-state index contributed by atoms with van der Waals surface area (Å²) >= 11 is 0. The highest BCUT2D eigenvalue weighted by molar-refractivity contribution is 6.24. The molecule has 2 aromatic heterocycles. The molecule has 0 N–H and O–H groups in total. The van der Waals surface area contributed by atoms with Crippen LogP contribution in [0.5, 0.6) is 0 Å². The Morgan fingerprint density at radius 3 is 2.00 bits per heavy atom. The van der Waals surface area contributed by atoms with Crippen molar-refractivity contribution in [2.45, 2.75) is 12.8 Å². The smallest absolute Gasteiger partial charge is 0.146 e. The summed E-state index contributed by atoms with van der Waals surface area (Å²) in [5.41, 5.74) is 16.0. The largest absolute Gasteiger partial charge is 0.292 e. The van der Waals surface area contributed by atoms with Gasteiger partial charge in [-0.15, -0.1) is 0 Å². The number of hydrogen-bond acceptors (Lipinski definition) is 1. The van der Waals surface area contributed by atoms with Crippen LogP contribution in [-0.4, -0.2) is 9.38 Å². The molecular formula is C33H20N2. The molecule has 0 unspecified atom stereocenters. The minimum absolute atomic E-state index is 0.961. The second-order valence-electron chi connectivity index (χ2n) is 9.90. The van der Waals surface area contributed by atoms with E-state index >= 15 is 0 Å². The van der Waals surface area contributed by atoms with Gasteiger partial charge >= 0.3 is 0 Å². The van der Waals surface area contributed by atoms with E-state index in [0.717, 1.165) is 24.0 Å². The van der Waals surface area contributed by atoms with Crippen molar-refractivity contribution in [3.63, 3.8) is 0 Å². The summed E-state index contributed by atoms with van der Waals surface area (Å²) in [5, 5.41) is 4.00. The van der Waals surface area contributed by atoms with E-state index < -0.39 is 0 Å². The summed E-state index contributed by atoms with van der Waals surface area (Å²) in [5.74, 6) is 0. The third kappa shape index (κ3) is 2.10. The van der Waals surface area contributed by atoms with Crippen molar-refractivity contribution < 1.29 is 0 Å². The first-order valence-electron chi connectivity index (χ1n) is 12.3. The number of benzene rings is 5. The second-order valence-corrected chi connectivity index (χ2v) is 9.90. The van der Waals surface area contributed by atoms with E-state index in [0.29, 0.717) is 0 Å². The molecule has 5 aromatic carbocycles. The fourth-order valence-electron chi connectivity index (χ4n) is 6.89. The minimum atomic E-state index is 0.961. The van der Waals surface area contributed by atoms with Crippen LogP contribution in [-0.2, 0) is 12.8 Å². The molecule has 2 aliphatic rings. The van der Waals surface area contributed by atoms with Crippen molar-refractivity contribution in [2.75, 3.05) is 0 Å². The van der Waals surface area contributed by atoms with E-state index in [4.69, 9.17) is 4.98 Å². The SMILES string of the molecule is c1ccc2c(c1)Cc1c-2c2c(c3c4ccccc4n4c5ccccc5nc4c13)-c1ccccc1C2. The predicted molar refractivity (Wildman–Crippen MR) is 144 cm³/mol. The highest BCUT2D eigenvalue weighted by atomic mass is 15.0. The van der Waals surface area contributed by atoms with Crippen LogP contribution >= 0.6 is 0 Å². The number of imidazole rings is 1. The Morgan fingerprint density at radius 1 is 0.543 bits per heavy atom. The third-order valence-corrected chi connectivity index (χ3v) is 8.21. The number of fused-ring (bicyclic) bond motifs is 17. The zero-order valence-corrected chi connectivity index (χ0v) is 19.0. The van der Waals surface area contributed by atoms with Gasteiger partial charge in [0.2, 0.25) is 0 Å². The summed E-state index contributed by atoms with van der Waals surface area (Å²) < 4.78 is 2.39. The van der Waals surface area contributed by atoms with E-state index in [1.807, 2.05) is 0 Å².